The Labute approximate surface area is 110 Å². The van der Waals surface area contributed by atoms with Crippen LogP contribution >= 0.6 is 23.8 Å². The smallest absolute Gasteiger partial charge is 0.171 e. The van der Waals surface area contributed by atoms with E-state index in [2.05, 4.69) is 10.6 Å². The monoisotopic (exact) mass is 276 g/mol. The van der Waals surface area contributed by atoms with Gasteiger partial charge >= 0.3 is 0 Å². The molecule has 0 saturated heterocycles. The molecule has 0 aliphatic rings. The zero-order chi connectivity index (χ0) is 13.1. The molecule has 0 bridgehead atoms. The summed E-state index contributed by atoms with van der Waals surface area (Å²) in [6.45, 7) is 3.55. The molecular formula is C11H14ClFN2OS. The van der Waals surface area contributed by atoms with Gasteiger partial charge in [-0.1, -0.05) is 11.6 Å². The average molecular weight is 277 g/mol. The quantitative estimate of drug-likeness (QED) is 0.743. The van der Waals surface area contributed by atoms with Gasteiger partial charge in [0, 0.05) is 5.69 Å². The fraction of sp³-hybridized carbons (Fsp3) is 0.364. The van der Waals surface area contributed by atoms with E-state index in [1.807, 2.05) is 0 Å². The fourth-order valence-electron chi connectivity index (χ4n) is 1.08. The highest BCUT2D eigenvalue weighted by Gasteiger charge is 2.17. The molecule has 3 nitrogen and oxygen atoms in total. The molecule has 17 heavy (non-hydrogen) atoms. The molecule has 0 aliphatic heterocycles. The number of anilines is 1. The number of hydrogen-bond acceptors (Lipinski definition) is 2. The van der Waals surface area contributed by atoms with Crippen LogP contribution in [0.15, 0.2) is 18.2 Å². The van der Waals surface area contributed by atoms with Crippen LogP contribution in [0.25, 0.3) is 0 Å². The summed E-state index contributed by atoms with van der Waals surface area (Å²) in [4.78, 5) is 0. The topological polar surface area (TPSA) is 44.3 Å². The predicted octanol–water partition coefficient (Wildman–Crippen LogP) is 2.54. The van der Waals surface area contributed by atoms with E-state index in [9.17, 15) is 4.39 Å². The Bertz CT molecular complexity index is 426. The standard InChI is InChI=1S/C11H14ClFN2OS/c1-11(2,6-16)15-10(17)14-7-3-4-9(13)8(12)5-7/h3-5,16H,6H2,1-2H3,(H2,14,15,17). The molecule has 94 valence electrons. The van der Waals surface area contributed by atoms with Crippen molar-refractivity contribution < 1.29 is 9.50 Å². The molecule has 3 N–H and O–H groups in total. The number of aliphatic hydroxyl groups is 1. The van der Waals surface area contributed by atoms with Gasteiger partial charge < -0.3 is 15.7 Å². The Morgan fingerprint density at radius 3 is 2.71 bits per heavy atom. The maximum absolute atomic E-state index is 12.9. The second kappa shape index (κ2) is 5.62. The Hall–Kier alpha value is -0.910. The van der Waals surface area contributed by atoms with Crippen LogP contribution in [0, 0.1) is 5.82 Å². The summed E-state index contributed by atoms with van der Waals surface area (Å²) in [6, 6.07) is 4.22. The highest BCUT2D eigenvalue weighted by Crippen LogP contribution is 2.19. The highest BCUT2D eigenvalue weighted by atomic mass is 35.5. The first kappa shape index (κ1) is 14.2. The average Bonchev–Trinajstić information content (AvgIpc) is 2.23. The number of nitrogens with one attached hydrogen (secondary N) is 2. The summed E-state index contributed by atoms with van der Waals surface area (Å²) >= 11 is 10.7. The van der Waals surface area contributed by atoms with Crippen LogP contribution in [0.2, 0.25) is 5.02 Å². The summed E-state index contributed by atoms with van der Waals surface area (Å²) in [5.41, 5.74) is 0.0658. The Morgan fingerprint density at radius 2 is 2.18 bits per heavy atom. The maximum Gasteiger partial charge on any atom is 0.171 e. The minimum atomic E-state index is -0.520. The molecule has 1 aromatic rings. The number of thiocarbonyl (C=S) groups is 1. The lowest BCUT2D eigenvalue weighted by molar-refractivity contribution is 0.207. The summed E-state index contributed by atoms with van der Waals surface area (Å²) in [6.07, 6.45) is 0. The van der Waals surface area contributed by atoms with E-state index in [4.69, 9.17) is 28.9 Å². The summed E-state index contributed by atoms with van der Waals surface area (Å²) in [5.74, 6) is -0.480. The zero-order valence-corrected chi connectivity index (χ0v) is 11.1. The van der Waals surface area contributed by atoms with E-state index in [1.54, 1.807) is 13.8 Å². The van der Waals surface area contributed by atoms with Gasteiger partial charge in [0.1, 0.15) is 5.82 Å². The molecular weight excluding hydrogens is 263 g/mol. The van der Waals surface area contributed by atoms with Crippen molar-refractivity contribution in [3.8, 4) is 0 Å². The van der Waals surface area contributed by atoms with Crippen molar-refractivity contribution in [2.45, 2.75) is 19.4 Å². The molecule has 0 fully saturated rings. The van der Waals surface area contributed by atoms with E-state index in [0.717, 1.165) is 0 Å². The molecule has 1 rings (SSSR count). The van der Waals surface area contributed by atoms with Gasteiger partial charge in [-0.15, -0.1) is 0 Å². The number of benzene rings is 1. The number of hydrogen-bond donors (Lipinski definition) is 3. The van der Waals surface area contributed by atoms with Crippen molar-refractivity contribution in [3.63, 3.8) is 0 Å². The third-order valence-corrected chi connectivity index (χ3v) is 2.52. The molecule has 0 amide bonds. The number of aliphatic hydroxyl groups excluding tert-OH is 1. The fourth-order valence-corrected chi connectivity index (χ4v) is 1.66. The Morgan fingerprint density at radius 1 is 1.53 bits per heavy atom. The van der Waals surface area contributed by atoms with E-state index < -0.39 is 11.4 Å². The first-order valence-corrected chi connectivity index (χ1v) is 5.78. The minimum Gasteiger partial charge on any atom is -0.394 e. The molecule has 0 unspecified atom stereocenters. The molecule has 0 aliphatic carbocycles. The van der Waals surface area contributed by atoms with Crippen molar-refractivity contribution in [2.75, 3.05) is 11.9 Å². The van der Waals surface area contributed by atoms with Crippen LogP contribution in [0.4, 0.5) is 10.1 Å². The van der Waals surface area contributed by atoms with Crippen molar-refractivity contribution in [2.24, 2.45) is 0 Å². The van der Waals surface area contributed by atoms with Gasteiger partial charge in [-0.25, -0.2) is 4.39 Å². The van der Waals surface area contributed by atoms with Crippen LogP contribution in [-0.4, -0.2) is 22.4 Å². The predicted molar refractivity (Wildman–Crippen MR) is 71.9 cm³/mol. The van der Waals surface area contributed by atoms with Crippen LogP contribution in [-0.2, 0) is 0 Å². The van der Waals surface area contributed by atoms with Gasteiger partial charge in [0.05, 0.1) is 17.2 Å². The second-order valence-corrected chi connectivity index (χ2v) is 5.07. The van der Waals surface area contributed by atoms with E-state index in [1.165, 1.54) is 18.2 Å². The third kappa shape index (κ3) is 4.46. The molecule has 1 aromatic carbocycles. The van der Waals surface area contributed by atoms with Gasteiger partial charge in [0.2, 0.25) is 0 Å². The normalized spacial score (nSPS) is 11.1. The van der Waals surface area contributed by atoms with Crippen molar-refractivity contribution >= 4 is 34.6 Å². The van der Waals surface area contributed by atoms with Crippen molar-refractivity contribution in [1.82, 2.24) is 5.32 Å². The molecule has 0 saturated carbocycles. The molecule has 0 atom stereocenters. The molecule has 0 aromatic heterocycles. The van der Waals surface area contributed by atoms with Crippen molar-refractivity contribution in [1.29, 1.82) is 0 Å². The maximum atomic E-state index is 12.9. The van der Waals surface area contributed by atoms with Gasteiger partial charge in [0.15, 0.2) is 5.11 Å². The molecule has 6 heteroatoms. The van der Waals surface area contributed by atoms with Crippen LogP contribution in [0.3, 0.4) is 0 Å². The minimum absolute atomic E-state index is 0.0271. The van der Waals surface area contributed by atoms with Gasteiger partial charge in [0.25, 0.3) is 0 Å². The lowest BCUT2D eigenvalue weighted by Gasteiger charge is -2.25. The Balaban J connectivity index is 2.65. The molecule has 0 spiro atoms. The van der Waals surface area contributed by atoms with E-state index in [0.29, 0.717) is 10.8 Å². The SMILES string of the molecule is CC(C)(CO)NC(=S)Nc1ccc(F)c(Cl)c1. The van der Waals surface area contributed by atoms with E-state index in [-0.39, 0.29) is 11.6 Å². The Kier molecular flexibility index (Phi) is 4.68. The highest BCUT2D eigenvalue weighted by molar-refractivity contribution is 7.80. The van der Waals surface area contributed by atoms with Crippen LogP contribution in [0.5, 0.6) is 0 Å². The number of halogens is 2. The van der Waals surface area contributed by atoms with Gasteiger partial charge in [-0.2, -0.15) is 0 Å². The van der Waals surface area contributed by atoms with Crippen LogP contribution < -0.4 is 10.6 Å². The second-order valence-electron chi connectivity index (χ2n) is 4.25. The zero-order valence-electron chi connectivity index (χ0n) is 9.55. The molecule has 0 heterocycles. The van der Waals surface area contributed by atoms with Gasteiger partial charge in [-0.3, -0.25) is 0 Å². The van der Waals surface area contributed by atoms with Crippen molar-refractivity contribution in [3.05, 3.63) is 29.0 Å². The number of rotatable bonds is 3. The van der Waals surface area contributed by atoms with Crippen LogP contribution in [0.1, 0.15) is 13.8 Å². The summed E-state index contributed by atoms with van der Waals surface area (Å²) in [7, 11) is 0. The largest absolute Gasteiger partial charge is 0.394 e. The lowest BCUT2D eigenvalue weighted by atomic mass is 10.1. The third-order valence-electron chi connectivity index (χ3n) is 2.02. The van der Waals surface area contributed by atoms with Gasteiger partial charge in [-0.05, 0) is 44.3 Å². The molecule has 0 radical (unpaired) electrons. The summed E-state index contributed by atoms with van der Waals surface area (Å²) < 4.78 is 12.9. The first-order chi connectivity index (χ1) is 7.84. The van der Waals surface area contributed by atoms with E-state index >= 15 is 0 Å². The summed E-state index contributed by atoms with van der Waals surface area (Å²) in [5, 5.41) is 15.2. The lowest BCUT2D eigenvalue weighted by Crippen LogP contribution is -2.47. The first-order valence-electron chi connectivity index (χ1n) is 4.99.